The molecular weight excluding hydrogens is 514 g/mol. The number of fused-ring (bicyclic) bond motifs is 1. The highest BCUT2D eigenvalue weighted by Crippen LogP contribution is 2.37. The van der Waals surface area contributed by atoms with Crippen LogP contribution in [0.2, 0.25) is 0 Å². The van der Waals surface area contributed by atoms with Crippen molar-refractivity contribution < 1.29 is 14.6 Å². The number of pyridine rings is 1. The van der Waals surface area contributed by atoms with Crippen molar-refractivity contribution in [2.45, 2.75) is 25.3 Å². The van der Waals surface area contributed by atoms with Gasteiger partial charge in [0.2, 0.25) is 5.91 Å². The fourth-order valence-corrected chi connectivity index (χ4v) is 5.57. The van der Waals surface area contributed by atoms with Crippen molar-refractivity contribution in [1.29, 1.82) is 0 Å². The molecule has 1 aliphatic carbocycles. The molecule has 2 aromatic carbocycles. The Morgan fingerprint density at radius 2 is 1.83 bits per heavy atom. The first-order chi connectivity index (χ1) is 20.0. The van der Waals surface area contributed by atoms with E-state index in [-0.39, 0.29) is 11.7 Å². The third-order valence-electron chi connectivity index (χ3n) is 7.85. The predicted octanol–water partition coefficient (Wildman–Crippen LogP) is 5.02. The Kier molecular flexibility index (Phi) is 7.84. The molecule has 1 saturated heterocycles. The zero-order valence-electron chi connectivity index (χ0n) is 23.0. The van der Waals surface area contributed by atoms with Gasteiger partial charge in [0.05, 0.1) is 11.4 Å². The summed E-state index contributed by atoms with van der Waals surface area (Å²) >= 11 is 0. The number of phenolic OH excluding ortho intramolecular Hbond substituents is 1. The number of amides is 1. The molecule has 41 heavy (non-hydrogen) atoms. The van der Waals surface area contributed by atoms with Gasteiger partial charge in [-0.1, -0.05) is 48.1 Å². The van der Waals surface area contributed by atoms with Gasteiger partial charge in [0, 0.05) is 50.7 Å². The van der Waals surface area contributed by atoms with E-state index in [1.54, 1.807) is 18.3 Å². The number of hydrogen-bond donors (Lipinski definition) is 3. The Morgan fingerprint density at radius 1 is 1.05 bits per heavy atom. The van der Waals surface area contributed by atoms with Gasteiger partial charge in [0.25, 0.3) is 0 Å². The van der Waals surface area contributed by atoms with Crippen molar-refractivity contribution in [3.05, 3.63) is 96.4 Å². The first kappa shape index (κ1) is 26.8. The van der Waals surface area contributed by atoms with Crippen LogP contribution in [0.4, 0.5) is 0 Å². The fraction of sp³-hybridized carbons (Fsp3) is 0.273. The molecule has 210 valence electrons. The van der Waals surface area contributed by atoms with E-state index in [1.807, 2.05) is 53.6 Å². The van der Waals surface area contributed by atoms with Crippen LogP contribution in [0.1, 0.15) is 18.4 Å². The molecule has 0 radical (unpaired) electrons. The standard InChI is InChI=1S/C33H35N5O3/c34-29(33(40)38-18-16-37(17-19-38)22-24-4-2-1-3-5-24)20-23-6-12-27(13-7-23)41-30-14-15-35-32-31(30)28(21-36-32)25-8-10-26(39)11-9-25/h1-2,4,6-15,21,29,39H,3,5,16-20,22,34H2,(H,35,36)/t29-/m0/s1. The quantitative estimate of drug-likeness (QED) is 0.285. The molecule has 0 bridgehead atoms. The number of carbonyl (C=O) groups is 1. The maximum Gasteiger partial charge on any atom is 0.239 e. The largest absolute Gasteiger partial charge is 0.508 e. The Balaban J connectivity index is 1.06. The van der Waals surface area contributed by atoms with Gasteiger partial charge in [0.15, 0.2) is 0 Å². The second-order valence-corrected chi connectivity index (χ2v) is 10.7. The molecule has 4 aromatic rings. The number of rotatable bonds is 8. The van der Waals surface area contributed by atoms with Crippen molar-refractivity contribution >= 4 is 16.9 Å². The summed E-state index contributed by atoms with van der Waals surface area (Å²) in [6.45, 7) is 4.18. The predicted molar refractivity (Wildman–Crippen MR) is 161 cm³/mol. The van der Waals surface area contributed by atoms with Crippen LogP contribution in [0, 0.1) is 0 Å². The van der Waals surface area contributed by atoms with E-state index in [2.05, 4.69) is 33.1 Å². The van der Waals surface area contributed by atoms with Crippen LogP contribution in [0.5, 0.6) is 17.2 Å². The molecule has 0 saturated carbocycles. The zero-order valence-corrected chi connectivity index (χ0v) is 23.0. The number of aromatic nitrogens is 2. The van der Waals surface area contributed by atoms with Crippen LogP contribution < -0.4 is 10.5 Å². The highest BCUT2D eigenvalue weighted by atomic mass is 16.5. The first-order valence-corrected chi connectivity index (χ1v) is 14.2. The van der Waals surface area contributed by atoms with E-state index in [4.69, 9.17) is 10.5 Å². The number of benzene rings is 2. The van der Waals surface area contributed by atoms with Gasteiger partial charge >= 0.3 is 0 Å². The number of piperazine rings is 1. The molecule has 0 unspecified atom stereocenters. The molecule has 1 fully saturated rings. The maximum atomic E-state index is 13.1. The van der Waals surface area contributed by atoms with Gasteiger partial charge < -0.3 is 25.5 Å². The van der Waals surface area contributed by atoms with E-state index in [1.165, 1.54) is 5.57 Å². The number of aromatic amines is 1. The minimum atomic E-state index is -0.577. The number of nitrogens with two attached hydrogens (primary N) is 1. The van der Waals surface area contributed by atoms with E-state index >= 15 is 0 Å². The average Bonchev–Trinajstić information content (AvgIpc) is 3.44. The Bertz CT molecular complexity index is 1560. The third kappa shape index (κ3) is 6.19. The third-order valence-corrected chi connectivity index (χ3v) is 7.85. The van der Waals surface area contributed by atoms with Crippen molar-refractivity contribution in [3.63, 3.8) is 0 Å². The van der Waals surface area contributed by atoms with E-state index < -0.39 is 6.04 Å². The topological polar surface area (TPSA) is 108 Å². The highest BCUT2D eigenvalue weighted by molar-refractivity contribution is 5.98. The van der Waals surface area contributed by atoms with E-state index in [0.29, 0.717) is 31.0 Å². The molecule has 2 aromatic heterocycles. The number of ether oxygens (including phenoxy) is 1. The number of nitrogens with one attached hydrogen (secondary N) is 1. The average molecular weight is 550 g/mol. The molecule has 4 N–H and O–H groups in total. The van der Waals surface area contributed by atoms with Gasteiger partial charge in [-0.15, -0.1) is 0 Å². The number of H-pyrrole nitrogens is 1. The zero-order chi connectivity index (χ0) is 28.2. The summed E-state index contributed by atoms with van der Waals surface area (Å²) in [5.41, 5.74) is 11.4. The second kappa shape index (κ2) is 12.0. The number of allylic oxidation sites excluding steroid dienone is 3. The fourth-order valence-electron chi connectivity index (χ4n) is 5.57. The molecule has 1 amide bonds. The lowest BCUT2D eigenvalue weighted by Crippen LogP contribution is -2.53. The van der Waals surface area contributed by atoms with E-state index in [9.17, 15) is 9.90 Å². The number of aromatic hydroxyl groups is 1. The molecular formula is C33H35N5O3. The molecule has 8 nitrogen and oxygen atoms in total. The molecule has 3 heterocycles. The summed E-state index contributed by atoms with van der Waals surface area (Å²) in [7, 11) is 0. The summed E-state index contributed by atoms with van der Waals surface area (Å²) in [4.78, 5) is 25.1. The van der Waals surface area contributed by atoms with Crippen LogP contribution in [0.25, 0.3) is 22.2 Å². The first-order valence-electron chi connectivity index (χ1n) is 14.2. The summed E-state index contributed by atoms with van der Waals surface area (Å²) < 4.78 is 6.27. The summed E-state index contributed by atoms with van der Waals surface area (Å²) in [5.74, 6) is 1.58. The van der Waals surface area contributed by atoms with Crippen LogP contribution in [0.15, 0.2) is 90.8 Å². The number of hydrogen-bond acceptors (Lipinski definition) is 6. The summed E-state index contributed by atoms with van der Waals surface area (Å²) in [6.07, 6.45) is 12.9. The number of nitrogens with zero attached hydrogens (tertiary/aromatic N) is 3. The minimum absolute atomic E-state index is 0.0122. The molecule has 8 heteroatoms. The normalized spacial score (nSPS) is 16.5. The Labute approximate surface area is 239 Å². The smallest absolute Gasteiger partial charge is 0.239 e. The van der Waals surface area contributed by atoms with Crippen molar-refractivity contribution in [1.82, 2.24) is 19.8 Å². The molecule has 1 atom stereocenters. The van der Waals surface area contributed by atoms with Gasteiger partial charge in [-0.3, -0.25) is 9.69 Å². The Morgan fingerprint density at radius 3 is 2.56 bits per heavy atom. The maximum absolute atomic E-state index is 13.1. The molecule has 2 aliphatic rings. The molecule has 1 aliphatic heterocycles. The Hall–Kier alpha value is -4.40. The summed E-state index contributed by atoms with van der Waals surface area (Å²) in [5, 5.41) is 10.5. The highest BCUT2D eigenvalue weighted by Gasteiger charge is 2.26. The lowest BCUT2D eigenvalue weighted by molar-refractivity contribution is -0.134. The van der Waals surface area contributed by atoms with Gasteiger partial charge in [-0.25, -0.2) is 4.98 Å². The number of carbonyl (C=O) groups excluding carboxylic acids is 1. The lowest BCUT2D eigenvalue weighted by atomic mass is 10.0. The van der Waals surface area contributed by atoms with Crippen molar-refractivity contribution in [3.8, 4) is 28.4 Å². The van der Waals surface area contributed by atoms with Crippen molar-refractivity contribution in [2.24, 2.45) is 5.73 Å². The van der Waals surface area contributed by atoms with Crippen LogP contribution >= 0.6 is 0 Å². The second-order valence-electron chi connectivity index (χ2n) is 10.7. The van der Waals surface area contributed by atoms with Crippen molar-refractivity contribution in [2.75, 3.05) is 32.7 Å². The minimum Gasteiger partial charge on any atom is -0.508 e. The summed E-state index contributed by atoms with van der Waals surface area (Å²) in [6, 6.07) is 16.0. The molecule has 6 rings (SSSR count). The van der Waals surface area contributed by atoms with Crippen LogP contribution in [-0.4, -0.2) is 69.5 Å². The molecule has 0 spiro atoms. The van der Waals surface area contributed by atoms with Gasteiger partial charge in [-0.05, 0) is 60.7 Å². The lowest BCUT2D eigenvalue weighted by Gasteiger charge is -2.36. The van der Waals surface area contributed by atoms with Crippen LogP contribution in [-0.2, 0) is 11.2 Å². The number of phenols is 1. The van der Waals surface area contributed by atoms with Crippen LogP contribution in [0.3, 0.4) is 0 Å². The SMILES string of the molecule is N[C@@H](Cc1ccc(Oc2ccnc3[nH]cc(-c4ccc(O)cc4)c23)cc1)C(=O)N1CCN(CC2=CC=CCC2)CC1. The van der Waals surface area contributed by atoms with E-state index in [0.717, 1.165) is 60.2 Å². The monoisotopic (exact) mass is 549 g/mol. The van der Waals surface area contributed by atoms with Gasteiger partial charge in [0.1, 0.15) is 22.9 Å². The van der Waals surface area contributed by atoms with Gasteiger partial charge in [-0.2, -0.15) is 0 Å².